The van der Waals surface area contributed by atoms with Gasteiger partial charge < -0.3 is 5.11 Å². The van der Waals surface area contributed by atoms with Crippen molar-refractivity contribution in [2.24, 2.45) is 0 Å². The molecule has 0 aliphatic rings. The second-order valence-electron chi connectivity index (χ2n) is 3.42. The Balaban J connectivity index is 3.31. The van der Waals surface area contributed by atoms with E-state index in [0.717, 1.165) is 0 Å². The van der Waals surface area contributed by atoms with Gasteiger partial charge in [-0.15, -0.1) is 0 Å². The first-order valence-electron chi connectivity index (χ1n) is 3.90. The highest BCUT2D eigenvalue weighted by atomic mass is 79.9. The Kier molecular flexibility index (Phi) is 3.17. The van der Waals surface area contributed by atoms with Gasteiger partial charge in [0, 0.05) is 10.7 Å². The Morgan fingerprint density at radius 1 is 1.64 bits per heavy atom. The molecule has 0 saturated carbocycles. The van der Waals surface area contributed by atoms with Gasteiger partial charge in [0.1, 0.15) is 5.15 Å². The number of halogens is 2. The number of aromatic nitrogens is 1. The van der Waals surface area contributed by atoms with E-state index in [4.69, 9.17) is 16.7 Å². The number of carboxylic acids is 1. The van der Waals surface area contributed by atoms with Gasteiger partial charge in [-0.25, -0.2) is 4.98 Å². The van der Waals surface area contributed by atoms with E-state index in [1.807, 2.05) is 0 Å². The van der Waals surface area contributed by atoms with Gasteiger partial charge in [0.15, 0.2) is 0 Å². The second-order valence-corrected chi connectivity index (χ2v) is 4.66. The van der Waals surface area contributed by atoms with Crippen molar-refractivity contribution < 1.29 is 9.90 Å². The predicted octanol–water partition coefficient (Wildman–Crippen LogP) is 2.86. The molecule has 76 valence electrons. The number of hydrogen-bond acceptors (Lipinski definition) is 2. The van der Waals surface area contributed by atoms with Crippen LogP contribution in [0.15, 0.2) is 16.7 Å². The van der Waals surface area contributed by atoms with Crippen molar-refractivity contribution >= 4 is 33.5 Å². The van der Waals surface area contributed by atoms with Crippen LogP contribution in [0, 0.1) is 0 Å². The van der Waals surface area contributed by atoms with E-state index < -0.39 is 11.4 Å². The number of hydrogen-bond donors (Lipinski definition) is 1. The minimum atomic E-state index is -0.981. The van der Waals surface area contributed by atoms with Crippen molar-refractivity contribution in [1.82, 2.24) is 4.98 Å². The highest BCUT2D eigenvalue weighted by Crippen LogP contribution is 2.31. The summed E-state index contributed by atoms with van der Waals surface area (Å²) >= 11 is 8.95. The summed E-state index contributed by atoms with van der Waals surface area (Å²) in [7, 11) is 0. The van der Waals surface area contributed by atoms with Crippen LogP contribution in [0.5, 0.6) is 0 Å². The zero-order chi connectivity index (χ0) is 10.9. The Morgan fingerprint density at radius 2 is 2.21 bits per heavy atom. The molecule has 5 heteroatoms. The zero-order valence-corrected chi connectivity index (χ0v) is 10.1. The third-order valence-electron chi connectivity index (χ3n) is 2.03. The fourth-order valence-electron chi connectivity index (χ4n) is 1.01. The molecule has 0 unspecified atom stereocenters. The van der Waals surface area contributed by atoms with Crippen LogP contribution in [-0.2, 0) is 10.2 Å². The number of rotatable bonds is 2. The largest absolute Gasteiger partial charge is 0.481 e. The lowest BCUT2D eigenvalue weighted by molar-refractivity contribution is -0.142. The lowest BCUT2D eigenvalue weighted by atomic mass is 9.85. The summed E-state index contributed by atoms with van der Waals surface area (Å²) < 4.78 is 0.648. The summed E-state index contributed by atoms with van der Waals surface area (Å²) in [4.78, 5) is 14.8. The second kappa shape index (κ2) is 3.87. The summed E-state index contributed by atoms with van der Waals surface area (Å²) in [5.41, 5.74) is -0.365. The molecule has 14 heavy (non-hydrogen) atoms. The zero-order valence-electron chi connectivity index (χ0n) is 7.71. The van der Waals surface area contributed by atoms with Gasteiger partial charge in [-0.1, -0.05) is 11.6 Å². The van der Waals surface area contributed by atoms with Crippen LogP contribution >= 0.6 is 27.5 Å². The molecule has 0 fully saturated rings. The van der Waals surface area contributed by atoms with Crippen LogP contribution in [0.1, 0.15) is 19.4 Å². The van der Waals surface area contributed by atoms with E-state index in [2.05, 4.69) is 20.9 Å². The van der Waals surface area contributed by atoms with Gasteiger partial charge in [-0.05, 0) is 41.4 Å². The van der Waals surface area contributed by atoms with E-state index in [1.165, 1.54) is 6.20 Å². The fourth-order valence-corrected chi connectivity index (χ4v) is 1.88. The molecule has 3 nitrogen and oxygen atoms in total. The van der Waals surface area contributed by atoms with Crippen molar-refractivity contribution in [1.29, 1.82) is 0 Å². The predicted molar refractivity (Wildman–Crippen MR) is 57.6 cm³/mol. The molecule has 1 aromatic rings. The maximum absolute atomic E-state index is 11.0. The van der Waals surface area contributed by atoms with Crippen molar-refractivity contribution in [2.45, 2.75) is 19.3 Å². The molecule has 1 rings (SSSR count). The van der Waals surface area contributed by atoms with E-state index in [9.17, 15) is 4.79 Å². The SMILES string of the molecule is CC(C)(C(=O)O)c1cc(Cl)ncc1Br. The van der Waals surface area contributed by atoms with Crippen LogP contribution in [0.4, 0.5) is 0 Å². The molecule has 1 aromatic heterocycles. The first kappa shape index (κ1) is 11.5. The van der Waals surface area contributed by atoms with Gasteiger partial charge in [0.2, 0.25) is 0 Å². The molecule has 0 aliphatic carbocycles. The van der Waals surface area contributed by atoms with Gasteiger partial charge in [0.25, 0.3) is 0 Å². The van der Waals surface area contributed by atoms with E-state index >= 15 is 0 Å². The molecular formula is C9H9BrClNO2. The Labute approximate surface area is 95.2 Å². The average molecular weight is 279 g/mol. The van der Waals surface area contributed by atoms with Gasteiger partial charge in [0.05, 0.1) is 5.41 Å². The van der Waals surface area contributed by atoms with Gasteiger partial charge >= 0.3 is 5.97 Å². The standard InChI is InChI=1S/C9H9BrClNO2/c1-9(2,8(13)14)5-3-7(11)12-4-6(5)10/h3-4H,1-2H3,(H,13,14). The summed E-state index contributed by atoms with van der Waals surface area (Å²) in [6.07, 6.45) is 1.50. The molecule has 0 amide bonds. The summed E-state index contributed by atoms with van der Waals surface area (Å²) in [6, 6.07) is 1.56. The van der Waals surface area contributed by atoms with Gasteiger partial charge in [-0.2, -0.15) is 0 Å². The molecule has 0 atom stereocenters. The Morgan fingerprint density at radius 3 is 2.71 bits per heavy atom. The third-order valence-corrected chi connectivity index (χ3v) is 2.87. The van der Waals surface area contributed by atoms with E-state index in [-0.39, 0.29) is 5.15 Å². The van der Waals surface area contributed by atoms with Crippen LogP contribution < -0.4 is 0 Å². The highest BCUT2D eigenvalue weighted by molar-refractivity contribution is 9.10. The van der Waals surface area contributed by atoms with E-state index in [1.54, 1.807) is 19.9 Å². The molecule has 0 saturated heterocycles. The average Bonchev–Trinajstić information content (AvgIpc) is 2.08. The highest BCUT2D eigenvalue weighted by Gasteiger charge is 2.31. The number of aliphatic carboxylic acids is 1. The maximum Gasteiger partial charge on any atom is 0.313 e. The number of carboxylic acid groups (broad SMARTS) is 1. The van der Waals surface area contributed by atoms with Crippen LogP contribution in [0.25, 0.3) is 0 Å². The molecule has 1 heterocycles. The lowest BCUT2D eigenvalue weighted by Gasteiger charge is -2.20. The number of pyridine rings is 1. The van der Waals surface area contributed by atoms with Crippen molar-refractivity contribution in [3.8, 4) is 0 Å². The van der Waals surface area contributed by atoms with Crippen molar-refractivity contribution in [3.05, 3.63) is 27.5 Å². The van der Waals surface area contributed by atoms with E-state index in [0.29, 0.717) is 10.0 Å². The first-order valence-corrected chi connectivity index (χ1v) is 5.07. The first-order chi connectivity index (χ1) is 6.35. The van der Waals surface area contributed by atoms with Crippen LogP contribution in [-0.4, -0.2) is 16.1 Å². The number of carbonyl (C=O) groups is 1. The minimum Gasteiger partial charge on any atom is -0.481 e. The Hall–Kier alpha value is -0.610. The molecule has 0 spiro atoms. The van der Waals surface area contributed by atoms with Crippen molar-refractivity contribution in [3.63, 3.8) is 0 Å². The smallest absolute Gasteiger partial charge is 0.313 e. The molecular weight excluding hydrogens is 269 g/mol. The molecule has 0 radical (unpaired) electrons. The lowest BCUT2D eigenvalue weighted by Crippen LogP contribution is -2.29. The summed E-state index contributed by atoms with van der Waals surface area (Å²) in [5, 5.41) is 9.32. The minimum absolute atomic E-state index is 0.289. The number of nitrogens with zero attached hydrogens (tertiary/aromatic N) is 1. The van der Waals surface area contributed by atoms with Crippen LogP contribution in [0.3, 0.4) is 0 Å². The summed E-state index contributed by atoms with van der Waals surface area (Å²) in [6.45, 7) is 3.23. The quantitative estimate of drug-likeness (QED) is 0.846. The topological polar surface area (TPSA) is 50.2 Å². The molecule has 1 N–H and O–H groups in total. The molecule has 0 aromatic carbocycles. The third kappa shape index (κ3) is 2.07. The van der Waals surface area contributed by atoms with Crippen molar-refractivity contribution in [2.75, 3.05) is 0 Å². The molecule has 0 bridgehead atoms. The maximum atomic E-state index is 11.0. The normalized spacial score (nSPS) is 11.4. The fraction of sp³-hybridized carbons (Fsp3) is 0.333. The van der Waals surface area contributed by atoms with Gasteiger partial charge in [-0.3, -0.25) is 4.79 Å². The van der Waals surface area contributed by atoms with Crippen LogP contribution in [0.2, 0.25) is 5.15 Å². The monoisotopic (exact) mass is 277 g/mol. The summed E-state index contributed by atoms with van der Waals surface area (Å²) in [5.74, 6) is -0.902. The molecule has 0 aliphatic heterocycles. The Bertz CT molecular complexity index is 379.